The summed E-state index contributed by atoms with van der Waals surface area (Å²) in [5.74, 6) is 2.66. The minimum absolute atomic E-state index is 0.430. The van der Waals surface area contributed by atoms with E-state index in [-0.39, 0.29) is 0 Å². The number of hydrogen-bond donors (Lipinski definition) is 1. The summed E-state index contributed by atoms with van der Waals surface area (Å²) in [5.41, 5.74) is 0. The molecule has 1 N–H and O–H groups in total. The Balaban J connectivity index is 1.57. The zero-order valence-electron chi connectivity index (χ0n) is 12.3. The SMILES string of the molecule is CCNC1CCC(c2nc(C3CCOCC3)no2)CC1. The maximum absolute atomic E-state index is 5.53. The number of nitrogens with zero attached hydrogens (tertiary/aromatic N) is 2. The highest BCUT2D eigenvalue weighted by Crippen LogP contribution is 2.33. The second-order valence-electron chi connectivity index (χ2n) is 5.98. The fourth-order valence-electron chi connectivity index (χ4n) is 3.37. The van der Waals surface area contributed by atoms with E-state index in [2.05, 4.69) is 22.4 Å². The molecule has 0 bridgehead atoms. The predicted molar refractivity (Wildman–Crippen MR) is 75.8 cm³/mol. The van der Waals surface area contributed by atoms with E-state index in [1.54, 1.807) is 0 Å². The third-order valence-electron chi connectivity index (χ3n) is 4.61. The van der Waals surface area contributed by atoms with Gasteiger partial charge in [-0.1, -0.05) is 12.1 Å². The first-order valence-corrected chi connectivity index (χ1v) is 8.01. The minimum atomic E-state index is 0.430. The van der Waals surface area contributed by atoms with Gasteiger partial charge in [0, 0.05) is 31.1 Å². The summed E-state index contributed by atoms with van der Waals surface area (Å²) in [4.78, 5) is 4.67. The van der Waals surface area contributed by atoms with E-state index in [9.17, 15) is 0 Å². The molecule has 0 spiro atoms. The van der Waals surface area contributed by atoms with E-state index < -0.39 is 0 Å². The third kappa shape index (κ3) is 3.20. The van der Waals surface area contributed by atoms with Crippen LogP contribution in [0, 0.1) is 0 Å². The molecule has 1 saturated carbocycles. The van der Waals surface area contributed by atoms with Crippen LogP contribution in [0.3, 0.4) is 0 Å². The van der Waals surface area contributed by atoms with Crippen LogP contribution in [0.25, 0.3) is 0 Å². The van der Waals surface area contributed by atoms with Gasteiger partial charge in [-0.2, -0.15) is 4.98 Å². The van der Waals surface area contributed by atoms with Crippen molar-refractivity contribution >= 4 is 0 Å². The Morgan fingerprint density at radius 2 is 1.80 bits per heavy atom. The van der Waals surface area contributed by atoms with Crippen LogP contribution >= 0.6 is 0 Å². The zero-order valence-corrected chi connectivity index (χ0v) is 12.3. The largest absolute Gasteiger partial charge is 0.381 e. The number of rotatable bonds is 4. The number of nitrogens with one attached hydrogen (secondary N) is 1. The Morgan fingerprint density at radius 3 is 2.50 bits per heavy atom. The van der Waals surface area contributed by atoms with Gasteiger partial charge in [-0.05, 0) is 45.1 Å². The van der Waals surface area contributed by atoms with E-state index in [1.807, 2.05) is 0 Å². The fraction of sp³-hybridized carbons (Fsp3) is 0.867. The first-order chi connectivity index (χ1) is 9.86. The Labute approximate surface area is 120 Å². The van der Waals surface area contributed by atoms with Gasteiger partial charge in [-0.15, -0.1) is 0 Å². The summed E-state index contributed by atoms with van der Waals surface area (Å²) >= 11 is 0. The summed E-state index contributed by atoms with van der Waals surface area (Å²) in [6, 6.07) is 0.675. The molecular weight excluding hydrogens is 254 g/mol. The monoisotopic (exact) mass is 279 g/mol. The molecule has 2 heterocycles. The lowest BCUT2D eigenvalue weighted by molar-refractivity contribution is 0.0830. The summed E-state index contributed by atoms with van der Waals surface area (Å²) in [6.45, 7) is 4.87. The van der Waals surface area contributed by atoms with Crippen molar-refractivity contribution in [3.63, 3.8) is 0 Å². The molecule has 5 heteroatoms. The molecule has 2 aliphatic rings. The lowest BCUT2D eigenvalue weighted by Crippen LogP contribution is -2.32. The quantitative estimate of drug-likeness (QED) is 0.918. The predicted octanol–water partition coefficient (Wildman–Crippen LogP) is 2.60. The van der Waals surface area contributed by atoms with Crippen molar-refractivity contribution in [1.82, 2.24) is 15.5 Å². The summed E-state index contributed by atoms with van der Waals surface area (Å²) < 4.78 is 10.9. The van der Waals surface area contributed by atoms with E-state index >= 15 is 0 Å². The van der Waals surface area contributed by atoms with Gasteiger partial charge >= 0.3 is 0 Å². The van der Waals surface area contributed by atoms with Crippen molar-refractivity contribution in [1.29, 1.82) is 0 Å². The maximum atomic E-state index is 5.53. The highest BCUT2D eigenvalue weighted by Gasteiger charge is 2.28. The van der Waals surface area contributed by atoms with Crippen LogP contribution in [0.2, 0.25) is 0 Å². The third-order valence-corrected chi connectivity index (χ3v) is 4.61. The molecule has 112 valence electrons. The summed E-state index contributed by atoms with van der Waals surface area (Å²) in [6.07, 6.45) is 6.79. The summed E-state index contributed by atoms with van der Waals surface area (Å²) in [7, 11) is 0. The smallest absolute Gasteiger partial charge is 0.229 e. The molecular formula is C15H25N3O2. The Bertz CT molecular complexity index is 407. The Morgan fingerprint density at radius 1 is 1.05 bits per heavy atom. The minimum Gasteiger partial charge on any atom is -0.381 e. The van der Waals surface area contributed by atoms with Crippen molar-refractivity contribution in [3.8, 4) is 0 Å². The lowest BCUT2D eigenvalue weighted by atomic mass is 9.86. The molecule has 20 heavy (non-hydrogen) atoms. The second-order valence-corrected chi connectivity index (χ2v) is 5.98. The first-order valence-electron chi connectivity index (χ1n) is 8.01. The molecule has 5 nitrogen and oxygen atoms in total. The van der Waals surface area contributed by atoms with Gasteiger partial charge in [0.1, 0.15) is 0 Å². The number of ether oxygens (including phenoxy) is 1. The molecule has 0 radical (unpaired) electrons. The normalized spacial score (nSPS) is 28.6. The van der Waals surface area contributed by atoms with Gasteiger partial charge < -0.3 is 14.6 Å². The van der Waals surface area contributed by atoms with Gasteiger partial charge in [0.15, 0.2) is 5.82 Å². The van der Waals surface area contributed by atoms with Crippen LogP contribution in [0.5, 0.6) is 0 Å². The van der Waals surface area contributed by atoms with Crippen molar-refractivity contribution in [3.05, 3.63) is 11.7 Å². The van der Waals surface area contributed by atoms with Crippen LogP contribution in [0.4, 0.5) is 0 Å². The Hall–Kier alpha value is -0.940. The molecule has 2 fully saturated rings. The van der Waals surface area contributed by atoms with Crippen molar-refractivity contribution in [2.24, 2.45) is 0 Å². The van der Waals surface area contributed by atoms with Crippen LogP contribution in [0.1, 0.15) is 69.0 Å². The van der Waals surface area contributed by atoms with Gasteiger partial charge in [0.25, 0.3) is 0 Å². The van der Waals surface area contributed by atoms with E-state index in [0.29, 0.717) is 17.9 Å². The summed E-state index contributed by atoms with van der Waals surface area (Å²) in [5, 5.41) is 7.75. The molecule has 1 aromatic heterocycles. The molecule has 1 saturated heterocycles. The van der Waals surface area contributed by atoms with Crippen LogP contribution < -0.4 is 5.32 Å². The topological polar surface area (TPSA) is 60.2 Å². The maximum Gasteiger partial charge on any atom is 0.229 e. The first kappa shape index (κ1) is 14.0. The average Bonchev–Trinajstić information content (AvgIpc) is 2.99. The van der Waals surface area contributed by atoms with E-state index in [1.165, 1.54) is 12.8 Å². The second kappa shape index (κ2) is 6.68. The van der Waals surface area contributed by atoms with Gasteiger partial charge in [-0.3, -0.25) is 0 Å². The molecule has 0 aromatic carbocycles. The van der Waals surface area contributed by atoms with Crippen LogP contribution in [-0.2, 0) is 4.74 Å². The molecule has 1 aromatic rings. The Kier molecular flexibility index (Phi) is 4.68. The highest BCUT2D eigenvalue weighted by atomic mass is 16.5. The van der Waals surface area contributed by atoms with Crippen LogP contribution in [-0.4, -0.2) is 35.9 Å². The van der Waals surface area contributed by atoms with Crippen molar-refractivity contribution in [2.75, 3.05) is 19.8 Å². The molecule has 3 rings (SSSR count). The van der Waals surface area contributed by atoms with Gasteiger partial charge in [0.2, 0.25) is 5.89 Å². The van der Waals surface area contributed by atoms with Crippen LogP contribution in [0.15, 0.2) is 4.52 Å². The van der Waals surface area contributed by atoms with E-state index in [0.717, 1.165) is 57.2 Å². The average molecular weight is 279 g/mol. The number of aromatic nitrogens is 2. The molecule has 1 aliphatic heterocycles. The molecule has 0 unspecified atom stereocenters. The lowest BCUT2D eigenvalue weighted by Gasteiger charge is -2.26. The fourth-order valence-corrected chi connectivity index (χ4v) is 3.37. The highest BCUT2D eigenvalue weighted by molar-refractivity contribution is 5.01. The number of hydrogen-bond acceptors (Lipinski definition) is 5. The molecule has 0 amide bonds. The molecule has 1 aliphatic carbocycles. The standard InChI is InChI=1S/C15H25N3O2/c1-2-16-13-5-3-12(4-6-13)15-17-14(18-20-15)11-7-9-19-10-8-11/h11-13,16H,2-10H2,1H3. The molecule has 0 atom stereocenters. The zero-order chi connectivity index (χ0) is 13.8. The van der Waals surface area contributed by atoms with Crippen molar-refractivity contribution in [2.45, 2.75) is 63.3 Å². The van der Waals surface area contributed by atoms with Crippen molar-refractivity contribution < 1.29 is 9.26 Å². The van der Waals surface area contributed by atoms with E-state index in [4.69, 9.17) is 9.26 Å². The van der Waals surface area contributed by atoms with Gasteiger partial charge in [0.05, 0.1) is 0 Å². The van der Waals surface area contributed by atoms with Gasteiger partial charge in [-0.25, -0.2) is 0 Å².